The summed E-state index contributed by atoms with van der Waals surface area (Å²) in [4.78, 5) is 23.9. The van der Waals surface area contributed by atoms with E-state index in [4.69, 9.17) is 22.1 Å². The van der Waals surface area contributed by atoms with Crippen molar-refractivity contribution in [1.82, 2.24) is 5.32 Å². The van der Waals surface area contributed by atoms with E-state index in [0.29, 0.717) is 22.5 Å². The molecule has 0 heterocycles. The first-order valence-electron chi connectivity index (χ1n) is 7.90. The molecule has 0 radical (unpaired) electrons. The standard InChI is InChI=1S/C17H23ClN2O3/c1-10-4-3-5-15(11(10)2)20-16(21)9-23-17(22)12-6-7-13(18)14(19)8-12/h6-8,10-11,15H,3-5,9,19H2,1-2H3,(H,20,21)/t10-,11-,15-/m1/s1. The second kappa shape index (κ2) is 7.68. The lowest BCUT2D eigenvalue weighted by molar-refractivity contribution is -0.125. The van der Waals surface area contributed by atoms with Crippen LogP contribution < -0.4 is 11.1 Å². The van der Waals surface area contributed by atoms with E-state index < -0.39 is 5.97 Å². The molecule has 2 rings (SSSR count). The van der Waals surface area contributed by atoms with Crippen molar-refractivity contribution in [3.63, 3.8) is 0 Å². The maximum absolute atomic E-state index is 12.0. The molecular formula is C17H23ClN2O3. The van der Waals surface area contributed by atoms with Gasteiger partial charge in [0.1, 0.15) is 0 Å². The number of hydrogen-bond acceptors (Lipinski definition) is 4. The van der Waals surface area contributed by atoms with Crippen molar-refractivity contribution in [1.29, 1.82) is 0 Å². The first kappa shape index (κ1) is 17.6. The number of anilines is 1. The number of carbonyl (C=O) groups excluding carboxylic acids is 2. The van der Waals surface area contributed by atoms with E-state index in [1.807, 2.05) is 0 Å². The summed E-state index contributed by atoms with van der Waals surface area (Å²) in [7, 11) is 0. The molecule has 1 amide bonds. The van der Waals surface area contributed by atoms with Gasteiger partial charge in [-0.05, 0) is 36.5 Å². The highest BCUT2D eigenvalue weighted by Crippen LogP contribution is 2.29. The van der Waals surface area contributed by atoms with Crippen molar-refractivity contribution in [3.8, 4) is 0 Å². The molecule has 1 aliphatic rings. The van der Waals surface area contributed by atoms with E-state index in [0.717, 1.165) is 12.8 Å². The Balaban J connectivity index is 1.84. The lowest BCUT2D eigenvalue weighted by Crippen LogP contribution is -2.45. The van der Waals surface area contributed by atoms with E-state index in [1.54, 1.807) is 0 Å². The molecule has 3 N–H and O–H groups in total. The van der Waals surface area contributed by atoms with E-state index in [1.165, 1.54) is 24.6 Å². The van der Waals surface area contributed by atoms with Crippen molar-refractivity contribution in [3.05, 3.63) is 28.8 Å². The summed E-state index contributed by atoms with van der Waals surface area (Å²) in [5, 5.41) is 3.34. The second-order valence-electron chi connectivity index (χ2n) is 6.25. The Hall–Kier alpha value is -1.75. The third kappa shape index (κ3) is 4.61. The van der Waals surface area contributed by atoms with E-state index in [-0.39, 0.29) is 24.1 Å². The van der Waals surface area contributed by atoms with Gasteiger partial charge in [-0.1, -0.05) is 38.3 Å². The lowest BCUT2D eigenvalue weighted by Gasteiger charge is -2.34. The van der Waals surface area contributed by atoms with E-state index in [2.05, 4.69) is 19.2 Å². The molecule has 0 spiro atoms. The summed E-state index contributed by atoms with van der Waals surface area (Å²) in [6.45, 7) is 4.06. The summed E-state index contributed by atoms with van der Waals surface area (Å²) in [5.41, 5.74) is 6.23. The molecule has 1 fully saturated rings. The number of amides is 1. The van der Waals surface area contributed by atoms with Crippen LogP contribution in [0.3, 0.4) is 0 Å². The average molecular weight is 339 g/mol. The molecule has 126 valence electrons. The number of carbonyl (C=O) groups is 2. The van der Waals surface area contributed by atoms with Crippen molar-refractivity contribution in [2.75, 3.05) is 12.3 Å². The highest BCUT2D eigenvalue weighted by molar-refractivity contribution is 6.33. The maximum atomic E-state index is 12.0. The van der Waals surface area contributed by atoms with Gasteiger partial charge in [-0.2, -0.15) is 0 Å². The molecule has 0 saturated heterocycles. The fraction of sp³-hybridized carbons (Fsp3) is 0.529. The minimum absolute atomic E-state index is 0.149. The fourth-order valence-corrected chi connectivity index (χ4v) is 3.04. The molecule has 1 aromatic rings. The van der Waals surface area contributed by atoms with E-state index in [9.17, 15) is 9.59 Å². The quantitative estimate of drug-likeness (QED) is 0.653. The van der Waals surface area contributed by atoms with Gasteiger partial charge in [0, 0.05) is 6.04 Å². The number of esters is 1. The summed E-state index contributed by atoms with van der Waals surface area (Å²) in [6.07, 6.45) is 3.28. The van der Waals surface area contributed by atoms with Gasteiger partial charge in [0.25, 0.3) is 5.91 Å². The third-order valence-corrected chi connectivity index (χ3v) is 4.96. The molecule has 0 unspecified atom stereocenters. The zero-order valence-corrected chi connectivity index (χ0v) is 14.2. The van der Waals surface area contributed by atoms with Gasteiger partial charge in [-0.25, -0.2) is 4.79 Å². The van der Waals surface area contributed by atoms with Crippen LogP contribution in [0.25, 0.3) is 0 Å². The van der Waals surface area contributed by atoms with Crippen molar-refractivity contribution in [2.45, 2.75) is 39.2 Å². The Bertz CT molecular complexity index is 591. The molecule has 3 atom stereocenters. The van der Waals surface area contributed by atoms with E-state index >= 15 is 0 Å². The summed E-state index contributed by atoms with van der Waals surface area (Å²) in [6, 6.07) is 4.63. The van der Waals surface area contributed by atoms with Gasteiger partial charge in [-0.3, -0.25) is 4.79 Å². The topological polar surface area (TPSA) is 81.4 Å². The number of halogens is 1. The maximum Gasteiger partial charge on any atom is 0.338 e. The zero-order chi connectivity index (χ0) is 17.0. The molecular weight excluding hydrogens is 316 g/mol. The van der Waals surface area contributed by atoms with Crippen molar-refractivity contribution >= 4 is 29.2 Å². The first-order chi connectivity index (χ1) is 10.9. The van der Waals surface area contributed by atoms with Crippen LogP contribution in [0.2, 0.25) is 5.02 Å². The highest BCUT2D eigenvalue weighted by atomic mass is 35.5. The Labute approximate surface area is 141 Å². The molecule has 5 nitrogen and oxygen atoms in total. The third-order valence-electron chi connectivity index (χ3n) is 4.62. The predicted molar refractivity (Wildman–Crippen MR) is 90.3 cm³/mol. The van der Waals surface area contributed by atoms with Crippen molar-refractivity contribution < 1.29 is 14.3 Å². The van der Waals surface area contributed by atoms with Crippen LogP contribution in [0.5, 0.6) is 0 Å². The Kier molecular flexibility index (Phi) is 5.88. The molecule has 6 heteroatoms. The number of nitrogens with one attached hydrogen (secondary N) is 1. The summed E-state index contributed by atoms with van der Waals surface area (Å²) in [5.74, 6) is 0.160. The fourth-order valence-electron chi connectivity index (χ4n) is 2.92. The molecule has 1 saturated carbocycles. The first-order valence-corrected chi connectivity index (χ1v) is 8.27. The van der Waals surface area contributed by atoms with Crippen LogP contribution in [-0.2, 0) is 9.53 Å². The molecule has 1 aliphatic carbocycles. The number of nitrogens with two attached hydrogens (primary N) is 1. The van der Waals surface area contributed by atoms with Crippen LogP contribution >= 0.6 is 11.6 Å². The predicted octanol–water partition coefficient (Wildman–Crippen LogP) is 3.02. The molecule has 0 bridgehead atoms. The average Bonchev–Trinajstić information content (AvgIpc) is 2.52. The van der Waals surface area contributed by atoms with Gasteiger partial charge in [0.05, 0.1) is 16.3 Å². The normalized spacial score (nSPS) is 24.0. The van der Waals surface area contributed by atoms with Crippen LogP contribution in [0.4, 0.5) is 5.69 Å². The molecule has 0 aliphatic heterocycles. The van der Waals surface area contributed by atoms with Crippen LogP contribution in [0.1, 0.15) is 43.5 Å². The second-order valence-corrected chi connectivity index (χ2v) is 6.66. The Morgan fingerprint density at radius 2 is 2.09 bits per heavy atom. The monoisotopic (exact) mass is 338 g/mol. The number of hydrogen-bond donors (Lipinski definition) is 2. The minimum Gasteiger partial charge on any atom is -0.452 e. The Morgan fingerprint density at radius 3 is 2.78 bits per heavy atom. The van der Waals surface area contributed by atoms with Crippen molar-refractivity contribution in [2.24, 2.45) is 11.8 Å². The molecule has 1 aromatic carbocycles. The molecule has 23 heavy (non-hydrogen) atoms. The van der Waals surface area contributed by atoms with Crippen LogP contribution in [-0.4, -0.2) is 24.5 Å². The summed E-state index contributed by atoms with van der Waals surface area (Å²) < 4.78 is 5.04. The number of rotatable bonds is 4. The zero-order valence-electron chi connectivity index (χ0n) is 13.5. The highest BCUT2D eigenvalue weighted by Gasteiger charge is 2.28. The minimum atomic E-state index is -0.589. The van der Waals surface area contributed by atoms with Crippen LogP contribution in [0, 0.1) is 11.8 Å². The largest absolute Gasteiger partial charge is 0.452 e. The SMILES string of the molecule is C[C@@H]1[C@H](C)CCC[C@H]1NC(=O)COC(=O)c1ccc(Cl)c(N)c1. The van der Waals surface area contributed by atoms with Gasteiger partial charge >= 0.3 is 5.97 Å². The number of benzene rings is 1. The lowest BCUT2D eigenvalue weighted by atomic mass is 9.78. The Morgan fingerprint density at radius 1 is 1.35 bits per heavy atom. The number of ether oxygens (including phenoxy) is 1. The van der Waals surface area contributed by atoms with Gasteiger partial charge in [0.2, 0.25) is 0 Å². The number of nitrogen functional groups attached to an aromatic ring is 1. The van der Waals surface area contributed by atoms with Gasteiger partial charge in [-0.15, -0.1) is 0 Å². The van der Waals surface area contributed by atoms with Crippen LogP contribution in [0.15, 0.2) is 18.2 Å². The van der Waals surface area contributed by atoms with Gasteiger partial charge in [0.15, 0.2) is 6.61 Å². The molecule has 0 aromatic heterocycles. The summed E-state index contributed by atoms with van der Waals surface area (Å²) >= 11 is 5.81. The smallest absolute Gasteiger partial charge is 0.338 e. The van der Waals surface area contributed by atoms with Gasteiger partial charge < -0.3 is 15.8 Å².